The zero-order valence-corrected chi connectivity index (χ0v) is 9.99. The summed E-state index contributed by atoms with van der Waals surface area (Å²) >= 11 is 0. The minimum atomic E-state index is -0.988. The summed E-state index contributed by atoms with van der Waals surface area (Å²) in [4.78, 5) is 12.2. The summed E-state index contributed by atoms with van der Waals surface area (Å²) in [5.74, 6) is -0.0440. The Labute approximate surface area is 103 Å². The zero-order chi connectivity index (χ0) is 13.1. The fourth-order valence-electron chi connectivity index (χ4n) is 1.41. The number of carbonyl (C=O) groups is 1. The number of benzene rings is 1. The Balaban J connectivity index is 2.13. The van der Waals surface area contributed by atoms with E-state index in [4.69, 9.17) is 9.84 Å². The lowest BCUT2D eigenvalue weighted by Gasteiger charge is -2.07. The highest BCUT2D eigenvalue weighted by atomic mass is 16.5. The minimum Gasteiger partial charge on any atom is -0.485 e. The molecule has 18 heavy (non-hydrogen) atoms. The van der Waals surface area contributed by atoms with Crippen molar-refractivity contribution in [3.63, 3.8) is 0 Å². The molecule has 2 rings (SSSR count). The number of carboxylic acids is 1. The molecule has 0 saturated heterocycles. The molecule has 0 unspecified atom stereocenters. The van der Waals surface area contributed by atoms with Crippen molar-refractivity contribution in [1.29, 1.82) is 0 Å². The lowest BCUT2D eigenvalue weighted by molar-refractivity contribution is 0.0696. The topological polar surface area (TPSA) is 90.1 Å². The molecule has 0 aliphatic heterocycles. The van der Waals surface area contributed by atoms with Crippen LogP contribution in [0.3, 0.4) is 0 Å². The first-order chi connectivity index (χ1) is 8.56. The number of carboxylic acid groups (broad SMARTS) is 1. The van der Waals surface area contributed by atoms with Gasteiger partial charge in [0.15, 0.2) is 6.61 Å². The largest absolute Gasteiger partial charge is 0.485 e. The van der Waals surface area contributed by atoms with Gasteiger partial charge in [0.05, 0.1) is 12.6 Å². The number of aromatic carboxylic acids is 1. The predicted molar refractivity (Wildman–Crippen MR) is 61.3 cm³/mol. The van der Waals surface area contributed by atoms with E-state index in [-0.39, 0.29) is 12.2 Å². The van der Waals surface area contributed by atoms with Crippen LogP contribution in [-0.2, 0) is 13.7 Å². The predicted octanol–water partition coefficient (Wildman–Crippen LogP) is 0.796. The maximum absolute atomic E-state index is 10.8. The van der Waals surface area contributed by atoms with Crippen molar-refractivity contribution in [2.75, 3.05) is 0 Å². The number of rotatable bonds is 4. The lowest BCUT2D eigenvalue weighted by atomic mass is 10.1. The highest BCUT2D eigenvalue weighted by Gasteiger charge is 2.08. The second-order valence-corrected chi connectivity index (χ2v) is 3.77. The van der Waals surface area contributed by atoms with Gasteiger partial charge in [-0.05, 0) is 29.8 Å². The van der Waals surface area contributed by atoms with Gasteiger partial charge in [0, 0.05) is 0 Å². The van der Waals surface area contributed by atoms with Crippen LogP contribution in [0.1, 0.15) is 21.7 Å². The zero-order valence-electron chi connectivity index (χ0n) is 9.99. The van der Waals surface area contributed by atoms with Crippen molar-refractivity contribution in [2.45, 2.75) is 13.5 Å². The van der Waals surface area contributed by atoms with E-state index < -0.39 is 5.97 Å². The van der Waals surface area contributed by atoms with E-state index in [2.05, 4.69) is 15.4 Å². The molecular formula is C11H12N4O3. The van der Waals surface area contributed by atoms with Crippen LogP contribution >= 0.6 is 0 Å². The molecule has 0 saturated carbocycles. The second-order valence-electron chi connectivity index (χ2n) is 3.77. The van der Waals surface area contributed by atoms with Crippen LogP contribution in [0.15, 0.2) is 18.2 Å². The summed E-state index contributed by atoms with van der Waals surface area (Å²) in [7, 11) is 1.66. The number of hydrogen-bond acceptors (Lipinski definition) is 5. The quantitative estimate of drug-likeness (QED) is 0.860. The minimum absolute atomic E-state index is 0.151. The van der Waals surface area contributed by atoms with Crippen LogP contribution in [0, 0.1) is 6.92 Å². The van der Waals surface area contributed by atoms with E-state index >= 15 is 0 Å². The third-order valence-electron chi connectivity index (χ3n) is 2.34. The van der Waals surface area contributed by atoms with Crippen molar-refractivity contribution in [3.8, 4) is 5.75 Å². The van der Waals surface area contributed by atoms with E-state index in [1.54, 1.807) is 13.1 Å². The van der Waals surface area contributed by atoms with E-state index in [9.17, 15) is 4.79 Å². The van der Waals surface area contributed by atoms with E-state index in [1.165, 1.54) is 16.9 Å². The molecule has 1 heterocycles. The third kappa shape index (κ3) is 2.62. The monoisotopic (exact) mass is 248 g/mol. The van der Waals surface area contributed by atoms with Crippen LogP contribution in [0.5, 0.6) is 5.75 Å². The van der Waals surface area contributed by atoms with Gasteiger partial charge < -0.3 is 9.84 Å². The summed E-state index contributed by atoms with van der Waals surface area (Å²) in [6, 6.07) is 4.71. The number of hydrogen-bond donors (Lipinski definition) is 1. The molecule has 1 N–H and O–H groups in total. The van der Waals surface area contributed by atoms with Gasteiger partial charge in [-0.25, -0.2) is 4.79 Å². The number of aryl methyl sites for hydroxylation is 2. The molecule has 7 nitrogen and oxygen atoms in total. The van der Waals surface area contributed by atoms with Crippen LogP contribution in [0.4, 0.5) is 0 Å². The number of nitrogens with zero attached hydrogens (tertiary/aromatic N) is 4. The van der Waals surface area contributed by atoms with Crippen molar-refractivity contribution < 1.29 is 14.6 Å². The Morgan fingerprint density at radius 2 is 2.28 bits per heavy atom. The van der Waals surface area contributed by atoms with Crippen molar-refractivity contribution in [1.82, 2.24) is 20.2 Å². The van der Waals surface area contributed by atoms with Crippen molar-refractivity contribution in [2.24, 2.45) is 7.05 Å². The average molecular weight is 248 g/mol. The van der Waals surface area contributed by atoms with Gasteiger partial charge in [-0.2, -0.15) is 4.80 Å². The van der Waals surface area contributed by atoms with E-state index in [1.807, 2.05) is 6.92 Å². The Morgan fingerprint density at radius 3 is 2.89 bits per heavy atom. The van der Waals surface area contributed by atoms with Crippen LogP contribution in [0.25, 0.3) is 0 Å². The number of tetrazole rings is 1. The SMILES string of the molecule is Cc1ccc(C(=O)O)cc1OCc1nnn(C)n1. The molecule has 0 fully saturated rings. The Hall–Kier alpha value is -2.44. The van der Waals surface area contributed by atoms with Gasteiger partial charge >= 0.3 is 5.97 Å². The molecule has 94 valence electrons. The van der Waals surface area contributed by atoms with Crippen LogP contribution < -0.4 is 4.74 Å². The molecule has 0 bridgehead atoms. The number of aromatic nitrogens is 4. The molecule has 0 amide bonds. The summed E-state index contributed by atoms with van der Waals surface area (Å²) in [5, 5.41) is 20.3. The lowest BCUT2D eigenvalue weighted by Crippen LogP contribution is -2.02. The van der Waals surface area contributed by atoms with Gasteiger partial charge in [-0.15, -0.1) is 10.2 Å². The molecule has 0 aliphatic rings. The maximum Gasteiger partial charge on any atom is 0.335 e. The molecule has 7 heteroatoms. The fraction of sp³-hybridized carbons (Fsp3) is 0.273. The van der Waals surface area contributed by atoms with Gasteiger partial charge in [-0.1, -0.05) is 6.07 Å². The summed E-state index contributed by atoms with van der Waals surface area (Å²) in [6.45, 7) is 1.99. The normalized spacial score (nSPS) is 10.3. The molecule has 1 aromatic heterocycles. The van der Waals surface area contributed by atoms with Crippen LogP contribution in [0.2, 0.25) is 0 Å². The molecule has 0 aliphatic carbocycles. The Kier molecular flexibility index (Phi) is 3.22. The first kappa shape index (κ1) is 12.0. The van der Waals surface area contributed by atoms with E-state index in [0.717, 1.165) is 5.56 Å². The first-order valence-electron chi connectivity index (χ1n) is 5.26. The van der Waals surface area contributed by atoms with Crippen molar-refractivity contribution >= 4 is 5.97 Å². The number of ether oxygens (including phenoxy) is 1. The van der Waals surface area contributed by atoms with Gasteiger partial charge in [-0.3, -0.25) is 0 Å². The average Bonchev–Trinajstić information content (AvgIpc) is 2.74. The molecular weight excluding hydrogens is 236 g/mol. The molecule has 1 aromatic carbocycles. The second kappa shape index (κ2) is 4.82. The fourth-order valence-corrected chi connectivity index (χ4v) is 1.41. The standard InChI is InChI=1S/C11H12N4O3/c1-7-3-4-8(11(16)17)5-9(7)18-6-10-12-14-15(2)13-10/h3-5H,6H2,1-2H3,(H,16,17). The van der Waals surface area contributed by atoms with Gasteiger partial charge in [0.25, 0.3) is 0 Å². The third-order valence-corrected chi connectivity index (χ3v) is 2.34. The Bertz CT molecular complexity index is 579. The first-order valence-corrected chi connectivity index (χ1v) is 5.26. The van der Waals surface area contributed by atoms with E-state index in [0.29, 0.717) is 11.6 Å². The highest BCUT2D eigenvalue weighted by Crippen LogP contribution is 2.20. The van der Waals surface area contributed by atoms with Gasteiger partial charge in [0.1, 0.15) is 5.75 Å². The van der Waals surface area contributed by atoms with Crippen molar-refractivity contribution in [3.05, 3.63) is 35.2 Å². The summed E-state index contributed by atoms with van der Waals surface area (Å²) in [6.07, 6.45) is 0. The molecule has 0 radical (unpaired) electrons. The molecule has 2 aromatic rings. The molecule has 0 spiro atoms. The molecule has 0 atom stereocenters. The highest BCUT2D eigenvalue weighted by molar-refractivity contribution is 5.88. The van der Waals surface area contributed by atoms with Gasteiger partial charge in [0.2, 0.25) is 5.82 Å². The summed E-state index contributed by atoms with van der Waals surface area (Å²) < 4.78 is 5.49. The van der Waals surface area contributed by atoms with Crippen LogP contribution in [-0.4, -0.2) is 31.3 Å². The summed E-state index contributed by atoms with van der Waals surface area (Å²) in [5.41, 5.74) is 1.03. The maximum atomic E-state index is 10.8. The smallest absolute Gasteiger partial charge is 0.335 e. The Morgan fingerprint density at radius 1 is 1.50 bits per heavy atom.